The molecule has 0 bridgehead atoms. The summed E-state index contributed by atoms with van der Waals surface area (Å²) in [6, 6.07) is 3.52. The minimum atomic E-state index is 0.602. The van der Waals surface area contributed by atoms with Crippen molar-refractivity contribution in [3.63, 3.8) is 0 Å². The molecule has 0 radical (unpaired) electrons. The van der Waals surface area contributed by atoms with Gasteiger partial charge in [-0.05, 0) is 37.1 Å². The summed E-state index contributed by atoms with van der Waals surface area (Å²) in [4.78, 5) is 0. The topological polar surface area (TPSA) is 0 Å². The zero-order valence-corrected chi connectivity index (χ0v) is 9.63. The van der Waals surface area contributed by atoms with Gasteiger partial charge in [-0.15, -0.1) is 0 Å². The van der Waals surface area contributed by atoms with E-state index in [2.05, 4.69) is 0 Å². The monoisotopic (exact) mass is 234 g/mol. The highest BCUT2D eigenvalue weighted by Crippen LogP contribution is 2.30. The maximum Gasteiger partial charge on any atom is 0.0456 e. The van der Waals surface area contributed by atoms with Crippen LogP contribution in [0.2, 0.25) is 10.0 Å². The zero-order chi connectivity index (χ0) is 10.0. The molecule has 0 saturated carbocycles. The van der Waals surface area contributed by atoms with E-state index in [1.54, 1.807) is 6.07 Å². The molecular formula is C10H9Cl3. The molecule has 0 atom stereocenters. The molecule has 0 N–H and O–H groups in total. The number of halogens is 3. The van der Waals surface area contributed by atoms with E-state index in [9.17, 15) is 0 Å². The lowest BCUT2D eigenvalue weighted by molar-refractivity contribution is 1.43. The molecule has 0 aromatic heterocycles. The van der Waals surface area contributed by atoms with Gasteiger partial charge in [0.1, 0.15) is 0 Å². The first-order valence-corrected chi connectivity index (χ1v) is 4.97. The first-order valence-electron chi connectivity index (χ1n) is 3.84. The summed E-state index contributed by atoms with van der Waals surface area (Å²) in [5, 5.41) is 1.91. The van der Waals surface area contributed by atoms with Gasteiger partial charge < -0.3 is 0 Å². The van der Waals surface area contributed by atoms with Crippen molar-refractivity contribution in [2.75, 3.05) is 0 Å². The molecule has 0 aliphatic carbocycles. The standard InChI is InChI=1S/C10H9Cl3/c1-3-9(12)8-4-7(11)5-10(13)6(8)2/h3-5H,1-2H3/b9-3+. The summed E-state index contributed by atoms with van der Waals surface area (Å²) >= 11 is 17.8. The average Bonchev–Trinajstić information content (AvgIpc) is 2.10. The van der Waals surface area contributed by atoms with E-state index >= 15 is 0 Å². The lowest BCUT2D eigenvalue weighted by Crippen LogP contribution is -1.85. The maximum atomic E-state index is 5.98. The van der Waals surface area contributed by atoms with Gasteiger partial charge in [0.05, 0.1) is 0 Å². The van der Waals surface area contributed by atoms with Crippen LogP contribution in [0.3, 0.4) is 0 Å². The molecule has 0 aliphatic heterocycles. The molecule has 1 aromatic rings. The summed E-state index contributed by atoms with van der Waals surface area (Å²) < 4.78 is 0. The van der Waals surface area contributed by atoms with Crippen LogP contribution in [0, 0.1) is 6.92 Å². The number of allylic oxidation sites excluding steroid dienone is 1. The van der Waals surface area contributed by atoms with Gasteiger partial charge in [0.2, 0.25) is 0 Å². The highest BCUT2D eigenvalue weighted by atomic mass is 35.5. The molecular weight excluding hydrogens is 226 g/mol. The van der Waals surface area contributed by atoms with E-state index in [1.807, 2.05) is 26.0 Å². The Bertz CT molecular complexity index is 353. The van der Waals surface area contributed by atoms with E-state index in [0.29, 0.717) is 15.1 Å². The number of hydrogen-bond acceptors (Lipinski definition) is 0. The number of benzene rings is 1. The largest absolute Gasteiger partial charge is 0.0843 e. The second-order valence-electron chi connectivity index (χ2n) is 2.70. The number of rotatable bonds is 1. The second kappa shape index (κ2) is 4.36. The van der Waals surface area contributed by atoms with Crippen molar-refractivity contribution in [3.8, 4) is 0 Å². The van der Waals surface area contributed by atoms with Crippen LogP contribution in [-0.2, 0) is 0 Å². The van der Waals surface area contributed by atoms with Crippen LogP contribution >= 0.6 is 34.8 Å². The van der Waals surface area contributed by atoms with Crippen LogP contribution in [-0.4, -0.2) is 0 Å². The molecule has 3 heteroatoms. The van der Waals surface area contributed by atoms with Crippen molar-refractivity contribution in [1.82, 2.24) is 0 Å². The van der Waals surface area contributed by atoms with E-state index in [-0.39, 0.29) is 0 Å². The van der Waals surface area contributed by atoms with Gasteiger partial charge in [0, 0.05) is 15.1 Å². The smallest absolute Gasteiger partial charge is 0.0456 e. The van der Waals surface area contributed by atoms with Crippen LogP contribution in [0.1, 0.15) is 18.1 Å². The maximum absolute atomic E-state index is 5.98. The molecule has 1 aromatic carbocycles. The normalized spacial score (nSPS) is 11.9. The lowest BCUT2D eigenvalue weighted by atomic mass is 10.1. The highest BCUT2D eigenvalue weighted by Gasteiger charge is 2.06. The van der Waals surface area contributed by atoms with Crippen LogP contribution < -0.4 is 0 Å². The van der Waals surface area contributed by atoms with Gasteiger partial charge in [-0.3, -0.25) is 0 Å². The molecule has 0 spiro atoms. The van der Waals surface area contributed by atoms with E-state index < -0.39 is 0 Å². The van der Waals surface area contributed by atoms with Crippen molar-refractivity contribution in [3.05, 3.63) is 39.4 Å². The van der Waals surface area contributed by atoms with Gasteiger partial charge in [0.25, 0.3) is 0 Å². The summed E-state index contributed by atoms with van der Waals surface area (Å²) in [6.45, 7) is 3.79. The lowest BCUT2D eigenvalue weighted by Gasteiger charge is -2.06. The van der Waals surface area contributed by atoms with Crippen molar-refractivity contribution in [2.45, 2.75) is 13.8 Å². The Hall–Kier alpha value is -0.170. The molecule has 0 nitrogen and oxygen atoms in total. The van der Waals surface area contributed by atoms with Gasteiger partial charge in [0.15, 0.2) is 0 Å². The predicted octanol–water partition coefficient (Wildman–Crippen LogP) is 4.90. The van der Waals surface area contributed by atoms with Gasteiger partial charge in [-0.1, -0.05) is 40.9 Å². The summed E-state index contributed by atoms with van der Waals surface area (Å²) in [7, 11) is 0. The van der Waals surface area contributed by atoms with Crippen LogP contribution in [0.25, 0.3) is 5.03 Å². The Balaban J connectivity index is 3.37. The first-order chi connectivity index (χ1) is 6.06. The van der Waals surface area contributed by atoms with Crippen LogP contribution in [0.4, 0.5) is 0 Å². The van der Waals surface area contributed by atoms with E-state index in [4.69, 9.17) is 34.8 Å². The van der Waals surface area contributed by atoms with Crippen LogP contribution in [0.5, 0.6) is 0 Å². The van der Waals surface area contributed by atoms with Gasteiger partial charge in [-0.2, -0.15) is 0 Å². The minimum absolute atomic E-state index is 0.602. The molecule has 0 fully saturated rings. The average molecular weight is 236 g/mol. The Morgan fingerprint density at radius 2 is 1.92 bits per heavy atom. The Morgan fingerprint density at radius 3 is 2.46 bits per heavy atom. The minimum Gasteiger partial charge on any atom is -0.0843 e. The molecule has 0 heterocycles. The molecule has 0 saturated heterocycles. The first kappa shape index (κ1) is 10.9. The third kappa shape index (κ3) is 2.40. The van der Waals surface area contributed by atoms with E-state index in [0.717, 1.165) is 11.1 Å². The Morgan fingerprint density at radius 1 is 1.31 bits per heavy atom. The molecule has 0 aliphatic rings. The van der Waals surface area contributed by atoms with E-state index in [1.165, 1.54) is 0 Å². The fraction of sp³-hybridized carbons (Fsp3) is 0.200. The molecule has 13 heavy (non-hydrogen) atoms. The van der Waals surface area contributed by atoms with Crippen molar-refractivity contribution in [2.24, 2.45) is 0 Å². The van der Waals surface area contributed by atoms with Gasteiger partial charge in [-0.25, -0.2) is 0 Å². The molecule has 70 valence electrons. The molecule has 1 rings (SSSR count). The van der Waals surface area contributed by atoms with Gasteiger partial charge >= 0.3 is 0 Å². The van der Waals surface area contributed by atoms with Crippen LogP contribution in [0.15, 0.2) is 18.2 Å². The Labute approximate surface area is 93.1 Å². The third-order valence-corrected chi connectivity index (χ3v) is 2.85. The van der Waals surface area contributed by atoms with Crippen molar-refractivity contribution >= 4 is 39.8 Å². The fourth-order valence-corrected chi connectivity index (χ4v) is 1.74. The summed E-state index contributed by atoms with van der Waals surface area (Å²) in [5.41, 5.74) is 1.84. The fourth-order valence-electron chi connectivity index (χ4n) is 1.05. The quantitative estimate of drug-likeness (QED) is 0.649. The second-order valence-corrected chi connectivity index (χ2v) is 3.95. The highest BCUT2D eigenvalue weighted by molar-refractivity contribution is 6.49. The van der Waals surface area contributed by atoms with Crippen molar-refractivity contribution in [1.29, 1.82) is 0 Å². The molecule has 0 amide bonds. The Kier molecular flexibility index (Phi) is 3.66. The third-order valence-electron chi connectivity index (χ3n) is 1.82. The summed E-state index contributed by atoms with van der Waals surface area (Å²) in [6.07, 6.45) is 1.82. The SMILES string of the molecule is C/C=C(/Cl)c1cc(Cl)cc(Cl)c1C. The zero-order valence-electron chi connectivity index (χ0n) is 7.37. The number of hydrogen-bond donors (Lipinski definition) is 0. The van der Waals surface area contributed by atoms with Crippen molar-refractivity contribution < 1.29 is 0 Å². The predicted molar refractivity (Wildman–Crippen MR) is 60.7 cm³/mol. The summed E-state index contributed by atoms with van der Waals surface area (Å²) in [5.74, 6) is 0. The molecule has 0 unspecified atom stereocenters.